The summed E-state index contributed by atoms with van der Waals surface area (Å²) < 4.78 is 0. The van der Waals surface area contributed by atoms with Gasteiger partial charge in [-0.3, -0.25) is 0 Å². The Hall–Kier alpha value is -6.64. The average Bonchev–Trinajstić information content (AvgIpc) is 3.46. The normalized spacial score (nSPS) is 12.9. The molecule has 8 aromatic carbocycles. The van der Waals surface area contributed by atoms with Crippen LogP contribution in [-0.2, 0) is 5.41 Å². The zero-order valence-corrected chi connectivity index (χ0v) is 29.7. The molecule has 0 N–H and O–H groups in total. The van der Waals surface area contributed by atoms with E-state index in [0.717, 1.165) is 28.1 Å². The summed E-state index contributed by atoms with van der Waals surface area (Å²) in [6.45, 7) is 4.71. The summed E-state index contributed by atoms with van der Waals surface area (Å²) in [7, 11) is 0. The van der Waals surface area contributed by atoms with Crippen LogP contribution in [0, 0.1) is 0 Å². The highest BCUT2D eigenvalue weighted by molar-refractivity contribution is 6.04. The summed E-state index contributed by atoms with van der Waals surface area (Å²) in [6.07, 6.45) is 0. The van der Waals surface area contributed by atoms with Gasteiger partial charge in [-0.1, -0.05) is 178 Å². The molecule has 1 heterocycles. The first-order valence-corrected chi connectivity index (χ1v) is 18.3. The lowest BCUT2D eigenvalue weighted by Gasteiger charge is -2.24. The lowest BCUT2D eigenvalue weighted by Crippen LogP contribution is -2.16. The second-order valence-corrected chi connectivity index (χ2v) is 14.6. The molecule has 0 aliphatic heterocycles. The number of rotatable bonds is 5. The van der Waals surface area contributed by atoms with Crippen LogP contribution < -0.4 is 0 Å². The Kier molecular flexibility index (Phi) is 7.19. The quantitative estimate of drug-likeness (QED) is 0.181. The van der Waals surface area contributed by atoms with Crippen molar-refractivity contribution in [2.75, 3.05) is 0 Å². The summed E-state index contributed by atoms with van der Waals surface area (Å²) in [5, 5.41) is 4.76. The Morgan fingerprint density at radius 1 is 0.358 bits per heavy atom. The monoisotopic (exact) mass is 676 g/mol. The van der Waals surface area contributed by atoms with Gasteiger partial charge >= 0.3 is 0 Å². The van der Waals surface area contributed by atoms with Crippen molar-refractivity contribution < 1.29 is 0 Å². The minimum Gasteiger partial charge on any atom is -0.228 e. The molecule has 0 spiro atoms. The Labute approximate surface area is 310 Å². The van der Waals surface area contributed by atoms with Crippen LogP contribution in [0.25, 0.3) is 88.8 Å². The van der Waals surface area contributed by atoms with Crippen molar-refractivity contribution >= 4 is 21.5 Å². The van der Waals surface area contributed by atoms with E-state index in [2.05, 4.69) is 178 Å². The van der Waals surface area contributed by atoms with E-state index in [1.54, 1.807) is 0 Å². The fourth-order valence-electron chi connectivity index (χ4n) is 8.51. The summed E-state index contributed by atoms with van der Waals surface area (Å²) in [6, 6.07) is 65.4. The first-order chi connectivity index (χ1) is 26.0. The van der Waals surface area contributed by atoms with Crippen molar-refractivity contribution in [2.45, 2.75) is 19.3 Å². The van der Waals surface area contributed by atoms with Crippen molar-refractivity contribution in [2.24, 2.45) is 0 Å². The first kappa shape index (κ1) is 31.1. The number of hydrogen-bond acceptors (Lipinski definition) is 2. The van der Waals surface area contributed by atoms with Crippen LogP contribution in [0.1, 0.15) is 25.0 Å². The molecule has 0 unspecified atom stereocenters. The first-order valence-electron chi connectivity index (χ1n) is 18.3. The van der Waals surface area contributed by atoms with E-state index in [0.29, 0.717) is 5.82 Å². The molecule has 0 radical (unpaired) electrons. The van der Waals surface area contributed by atoms with Gasteiger partial charge in [-0.05, 0) is 84.3 Å². The second-order valence-electron chi connectivity index (χ2n) is 14.6. The number of aromatic nitrogens is 2. The van der Waals surface area contributed by atoms with Crippen molar-refractivity contribution in [3.63, 3.8) is 0 Å². The van der Waals surface area contributed by atoms with Gasteiger partial charge in [0.2, 0.25) is 0 Å². The van der Waals surface area contributed by atoms with Crippen LogP contribution in [0.2, 0.25) is 0 Å². The molecule has 2 nitrogen and oxygen atoms in total. The molecule has 9 aromatic rings. The molecule has 0 saturated carbocycles. The van der Waals surface area contributed by atoms with Crippen LogP contribution in [0.15, 0.2) is 182 Å². The molecular weight excluding hydrogens is 641 g/mol. The van der Waals surface area contributed by atoms with E-state index in [4.69, 9.17) is 9.97 Å². The molecule has 10 rings (SSSR count). The second kappa shape index (κ2) is 12.3. The maximum Gasteiger partial charge on any atom is 0.160 e. The fraction of sp³-hybridized carbons (Fsp3) is 0.0588. The zero-order valence-electron chi connectivity index (χ0n) is 29.7. The van der Waals surface area contributed by atoms with Gasteiger partial charge in [0.1, 0.15) is 0 Å². The standard InChI is InChI=1S/C51H36N2/c1-51(2)46-25-10-9-18-43(46)45-24-12-20-40(49(45)51)37-28-26-36-31-38(29-27-35(36)30-37)47-32-48(53-50(52-47)34-16-7-4-8-17-34)44-23-13-21-41-39(19-11-22-42(41)44)33-14-5-3-6-15-33/h3-32H,1-2H3. The Balaban J connectivity index is 1.09. The third-order valence-electron chi connectivity index (χ3n) is 11.1. The molecule has 0 saturated heterocycles. The van der Waals surface area contributed by atoms with Crippen LogP contribution in [0.5, 0.6) is 0 Å². The maximum atomic E-state index is 5.20. The Morgan fingerprint density at radius 3 is 1.68 bits per heavy atom. The molecule has 0 fully saturated rings. The number of benzene rings is 8. The fourth-order valence-corrected chi connectivity index (χ4v) is 8.51. The summed E-state index contributed by atoms with van der Waals surface area (Å²) >= 11 is 0. The van der Waals surface area contributed by atoms with E-state index in [1.165, 1.54) is 66.1 Å². The predicted molar refractivity (Wildman–Crippen MR) is 222 cm³/mol. The highest BCUT2D eigenvalue weighted by Crippen LogP contribution is 2.52. The molecule has 2 heteroatoms. The van der Waals surface area contributed by atoms with E-state index < -0.39 is 0 Å². The van der Waals surface area contributed by atoms with Gasteiger partial charge in [-0.15, -0.1) is 0 Å². The molecule has 0 bridgehead atoms. The number of fused-ring (bicyclic) bond motifs is 5. The third-order valence-corrected chi connectivity index (χ3v) is 11.1. The van der Waals surface area contributed by atoms with Crippen LogP contribution in [0.4, 0.5) is 0 Å². The van der Waals surface area contributed by atoms with E-state index >= 15 is 0 Å². The van der Waals surface area contributed by atoms with Crippen LogP contribution >= 0.6 is 0 Å². The van der Waals surface area contributed by atoms with Crippen LogP contribution in [0.3, 0.4) is 0 Å². The van der Waals surface area contributed by atoms with Gasteiger partial charge in [0.15, 0.2) is 5.82 Å². The number of nitrogens with zero attached hydrogens (tertiary/aromatic N) is 2. The van der Waals surface area contributed by atoms with Gasteiger partial charge in [0.25, 0.3) is 0 Å². The lowest BCUT2D eigenvalue weighted by atomic mass is 9.78. The van der Waals surface area contributed by atoms with Crippen molar-refractivity contribution in [3.8, 4) is 67.3 Å². The summed E-state index contributed by atoms with van der Waals surface area (Å²) in [5.74, 6) is 0.714. The van der Waals surface area contributed by atoms with Crippen molar-refractivity contribution in [3.05, 3.63) is 193 Å². The SMILES string of the molecule is CC1(C)c2ccccc2-c2cccc(-c3ccc4cc(-c5cc(-c6cccc7c(-c8ccccc8)cccc67)nc(-c6ccccc6)n5)ccc4c3)c21. The van der Waals surface area contributed by atoms with Gasteiger partial charge in [0.05, 0.1) is 11.4 Å². The third kappa shape index (κ3) is 5.18. The summed E-state index contributed by atoms with van der Waals surface area (Å²) in [4.78, 5) is 10.4. The molecular formula is C51H36N2. The highest BCUT2D eigenvalue weighted by Gasteiger charge is 2.37. The van der Waals surface area contributed by atoms with Crippen molar-refractivity contribution in [1.82, 2.24) is 9.97 Å². The highest BCUT2D eigenvalue weighted by atomic mass is 14.9. The topological polar surface area (TPSA) is 25.8 Å². The zero-order chi connectivity index (χ0) is 35.5. The molecule has 1 aromatic heterocycles. The van der Waals surface area contributed by atoms with Gasteiger partial charge in [0, 0.05) is 22.1 Å². The van der Waals surface area contributed by atoms with Gasteiger partial charge in [-0.25, -0.2) is 9.97 Å². The average molecular weight is 677 g/mol. The van der Waals surface area contributed by atoms with E-state index in [9.17, 15) is 0 Å². The summed E-state index contributed by atoms with van der Waals surface area (Å²) in [5.41, 5.74) is 15.3. The Bertz CT molecular complexity index is 2850. The molecule has 53 heavy (non-hydrogen) atoms. The molecule has 0 atom stereocenters. The largest absolute Gasteiger partial charge is 0.228 e. The molecule has 1 aliphatic carbocycles. The predicted octanol–water partition coefficient (Wildman–Crippen LogP) is 13.4. The van der Waals surface area contributed by atoms with Gasteiger partial charge in [-0.2, -0.15) is 0 Å². The maximum absolute atomic E-state index is 5.20. The molecule has 1 aliphatic rings. The van der Waals surface area contributed by atoms with Crippen molar-refractivity contribution in [1.29, 1.82) is 0 Å². The minimum absolute atomic E-state index is 0.0737. The van der Waals surface area contributed by atoms with Crippen LogP contribution in [-0.4, -0.2) is 9.97 Å². The number of hydrogen-bond donors (Lipinski definition) is 0. The molecule has 250 valence electrons. The minimum atomic E-state index is -0.0737. The van der Waals surface area contributed by atoms with Gasteiger partial charge < -0.3 is 0 Å². The van der Waals surface area contributed by atoms with E-state index in [1.807, 2.05) is 18.2 Å². The smallest absolute Gasteiger partial charge is 0.160 e. The lowest BCUT2D eigenvalue weighted by molar-refractivity contribution is 0.662. The van der Waals surface area contributed by atoms with E-state index in [-0.39, 0.29) is 5.41 Å². The Morgan fingerprint density at radius 2 is 0.906 bits per heavy atom. The molecule has 0 amide bonds.